The average molecular weight is 914 g/mol. The number of Topliss-reactive ketones (excluding diaryl/α,β-unsaturated/α-hetero) is 2. The van der Waals surface area contributed by atoms with Crippen LogP contribution in [0.2, 0.25) is 0 Å². The van der Waals surface area contributed by atoms with Gasteiger partial charge in [-0.15, -0.1) is 0 Å². The standard InChI is InChI=1S/C47H57F2N9O8/c1-54-42-29(7-3-11-38(42)58(47(54)64)37-17-16-33(59)23-39(37)60)9-4-20-65-21-5-10-30(46(62)63)8-2-6-28-12-14-31(15-13-28)57-26-36(41(53-57)43(48)49)51-45(61)35-24-50-56-19-18-40(52-44(35)56)55-25-34-22-32(55)27-66-34/h3,7,11,18-19,24,26,28,30-32,34,37,43H,2,4-6,8-10,12-17,20-23,25,27H2,1H3,(H,51,61)(H,62,63)/t28?,30?,31?,32-,34-,37?/m1/s1. The Morgan fingerprint density at radius 1 is 1.02 bits per heavy atom. The van der Waals surface area contributed by atoms with Crippen molar-refractivity contribution in [2.45, 2.75) is 127 Å². The van der Waals surface area contributed by atoms with Crippen LogP contribution in [0.5, 0.6) is 0 Å². The number of carboxylic acids is 1. The molecule has 352 valence electrons. The van der Waals surface area contributed by atoms with Crippen molar-refractivity contribution in [3.63, 3.8) is 0 Å². The number of alkyl halides is 2. The molecule has 6 heterocycles. The highest BCUT2D eigenvalue weighted by Gasteiger charge is 2.40. The highest BCUT2D eigenvalue weighted by atomic mass is 19.3. The third-order valence-electron chi connectivity index (χ3n) is 14.2. The molecule has 2 aliphatic carbocycles. The minimum Gasteiger partial charge on any atom is -0.481 e. The number of fused-ring (bicyclic) bond motifs is 4. The number of halogens is 2. The Morgan fingerprint density at radius 2 is 1.82 bits per heavy atom. The second kappa shape index (κ2) is 19.6. The molecule has 0 radical (unpaired) electrons. The highest BCUT2D eigenvalue weighted by molar-refractivity contribution is 6.08. The molecule has 1 aromatic carbocycles. The lowest BCUT2D eigenvalue weighted by Gasteiger charge is -2.29. The Kier molecular flexibility index (Phi) is 13.4. The summed E-state index contributed by atoms with van der Waals surface area (Å²) in [5.74, 6) is -1.08. The minimum atomic E-state index is -2.89. The first kappa shape index (κ1) is 45.3. The van der Waals surface area contributed by atoms with Gasteiger partial charge in [-0.05, 0) is 94.2 Å². The molecule has 17 nitrogen and oxygen atoms in total. The quantitative estimate of drug-likeness (QED) is 0.0663. The van der Waals surface area contributed by atoms with Crippen molar-refractivity contribution in [2.75, 3.05) is 36.6 Å². The molecule has 2 saturated carbocycles. The van der Waals surface area contributed by atoms with Gasteiger partial charge in [0.2, 0.25) is 0 Å². The van der Waals surface area contributed by atoms with Crippen molar-refractivity contribution in [1.82, 2.24) is 33.5 Å². The van der Waals surface area contributed by atoms with Gasteiger partial charge in [-0.2, -0.15) is 10.2 Å². The Hall–Kier alpha value is -5.82. The fraction of sp³-hybridized carbons (Fsp3) is 0.574. The number of anilines is 2. The molecular weight excluding hydrogens is 857 g/mol. The smallest absolute Gasteiger partial charge is 0.329 e. The lowest BCUT2D eigenvalue weighted by atomic mass is 9.82. The number of hydrogen-bond donors (Lipinski definition) is 2. The number of aromatic nitrogens is 7. The number of hydrogen-bond acceptors (Lipinski definition) is 11. The zero-order valence-corrected chi connectivity index (χ0v) is 37.2. The summed E-state index contributed by atoms with van der Waals surface area (Å²) in [6, 6.07) is 7.03. The number of amides is 1. The van der Waals surface area contributed by atoms with E-state index in [1.54, 1.807) is 22.5 Å². The number of imidazole rings is 1. The SMILES string of the molecule is Cn1c(=O)n(C2CCC(=O)CC2=O)c2cccc(CCCOCCCC(CCCC3CCC(n4cc(NC(=O)c5cnn6ccc(N7C[C@H]8C[C@@H]7CO8)nc56)c(C(F)F)n4)CC3)C(=O)O)c21. The van der Waals surface area contributed by atoms with Crippen molar-refractivity contribution in [1.29, 1.82) is 0 Å². The number of carbonyl (C=O) groups is 4. The third-order valence-corrected chi connectivity index (χ3v) is 14.2. The lowest BCUT2D eigenvalue weighted by Crippen LogP contribution is -2.37. The number of aliphatic carboxylic acids is 1. The summed E-state index contributed by atoms with van der Waals surface area (Å²) in [6.45, 7) is 2.27. The lowest BCUT2D eigenvalue weighted by molar-refractivity contribution is -0.142. The van der Waals surface area contributed by atoms with Crippen LogP contribution < -0.4 is 15.9 Å². The summed E-state index contributed by atoms with van der Waals surface area (Å²) in [5, 5.41) is 21.1. The highest BCUT2D eigenvalue weighted by Crippen LogP contribution is 2.38. The van der Waals surface area contributed by atoms with E-state index in [2.05, 4.69) is 20.4 Å². The van der Waals surface area contributed by atoms with E-state index >= 15 is 0 Å². The Bertz CT molecular complexity index is 2660. The Morgan fingerprint density at radius 3 is 2.56 bits per heavy atom. The van der Waals surface area contributed by atoms with Crippen molar-refractivity contribution in [3.05, 3.63) is 70.2 Å². The predicted octanol–water partition coefficient (Wildman–Crippen LogP) is 6.64. The maximum absolute atomic E-state index is 14.3. The zero-order valence-electron chi connectivity index (χ0n) is 37.2. The summed E-state index contributed by atoms with van der Waals surface area (Å²) in [4.78, 5) is 70.3. The van der Waals surface area contributed by atoms with Crippen LogP contribution in [0, 0.1) is 11.8 Å². The number of benzene rings is 1. The van der Waals surface area contributed by atoms with E-state index in [-0.39, 0.29) is 59.5 Å². The van der Waals surface area contributed by atoms with Crippen molar-refractivity contribution in [3.8, 4) is 0 Å². The number of ether oxygens (including phenoxy) is 2. The van der Waals surface area contributed by atoms with Crippen LogP contribution in [0.15, 0.2) is 47.7 Å². The van der Waals surface area contributed by atoms with E-state index in [0.717, 1.165) is 62.6 Å². The number of nitrogens with zero attached hydrogens (tertiary/aromatic N) is 8. The van der Waals surface area contributed by atoms with Crippen molar-refractivity contribution in [2.24, 2.45) is 18.9 Å². The number of nitrogens with one attached hydrogen (secondary N) is 1. The first-order chi connectivity index (χ1) is 31.9. The second-order valence-corrected chi connectivity index (χ2v) is 18.5. The molecule has 2 N–H and O–H groups in total. The van der Waals surface area contributed by atoms with Crippen LogP contribution in [0.1, 0.15) is 130 Å². The van der Waals surface area contributed by atoms with Gasteiger partial charge in [-0.1, -0.05) is 25.0 Å². The fourth-order valence-corrected chi connectivity index (χ4v) is 10.7. The topological polar surface area (TPSA) is 197 Å². The number of rotatable bonds is 19. The van der Waals surface area contributed by atoms with Crippen LogP contribution in [0.3, 0.4) is 0 Å². The van der Waals surface area contributed by atoms with Crippen LogP contribution in [0.4, 0.5) is 20.3 Å². The molecule has 4 fully saturated rings. The summed E-state index contributed by atoms with van der Waals surface area (Å²) in [5.41, 5.74) is 2.13. The molecule has 4 aromatic heterocycles. The molecule has 2 bridgehead atoms. The van der Waals surface area contributed by atoms with Gasteiger partial charge in [0.05, 0.1) is 66.1 Å². The fourth-order valence-electron chi connectivity index (χ4n) is 10.7. The van der Waals surface area contributed by atoms with E-state index in [9.17, 15) is 37.9 Å². The molecule has 2 unspecified atom stereocenters. The molecule has 5 aromatic rings. The Balaban J connectivity index is 0.701. The molecule has 4 atom stereocenters. The molecular formula is C47H57F2N9O8. The first-order valence-corrected chi connectivity index (χ1v) is 23.4. The number of carboxylic acid groups (broad SMARTS) is 1. The maximum Gasteiger partial charge on any atom is 0.329 e. The van der Waals surface area contributed by atoms with E-state index in [1.807, 2.05) is 24.3 Å². The number of para-hydroxylation sites is 1. The van der Waals surface area contributed by atoms with Crippen LogP contribution in [-0.4, -0.2) is 101 Å². The van der Waals surface area contributed by atoms with Gasteiger partial charge >= 0.3 is 11.7 Å². The number of carbonyl (C=O) groups excluding carboxylic acids is 3. The third kappa shape index (κ3) is 9.41. The molecule has 2 aliphatic heterocycles. The second-order valence-electron chi connectivity index (χ2n) is 18.5. The molecule has 2 saturated heterocycles. The summed E-state index contributed by atoms with van der Waals surface area (Å²) in [7, 11) is 1.70. The summed E-state index contributed by atoms with van der Waals surface area (Å²) >= 11 is 0. The van der Waals surface area contributed by atoms with E-state index in [0.29, 0.717) is 81.2 Å². The van der Waals surface area contributed by atoms with Gasteiger partial charge in [0.25, 0.3) is 12.3 Å². The van der Waals surface area contributed by atoms with Crippen LogP contribution >= 0.6 is 0 Å². The van der Waals surface area contributed by atoms with Crippen molar-refractivity contribution >= 4 is 51.6 Å². The van der Waals surface area contributed by atoms with Crippen molar-refractivity contribution < 1.29 is 42.5 Å². The minimum absolute atomic E-state index is 0.0445. The zero-order chi connectivity index (χ0) is 46.1. The average Bonchev–Trinajstić information content (AvgIpc) is 4.16. The predicted molar refractivity (Wildman–Crippen MR) is 238 cm³/mol. The van der Waals surface area contributed by atoms with Gasteiger partial charge in [0.15, 0.2) is 17.1 Å². The summed E-state index contributed by atoms with van der Waals surface area (Å²) in [6.07, 6.45) is 11.2. The van der Waals surface area contributed by atoms with E-state index in [4.69, 9.17) is 14.5 Å². The maximum atomic E-state index is 14.3. The van der Waals surface area contributed by atoms with Gasteiger partial charge in [-0.25, -0.2) is 23.1 Å². The molecule has 1 amide bonds. The van der Waals surface area contributed by atoms with Gasteiger partial charge in [0, 0.05) is 45.6 Å². The molecule has 0 spiro atoms. The largest absolute Gasteiger partial charge is 0.481 e. The summed E-state index contributed by atoms with van der Waals surface area (Å²) < 4.78 is 46.3. The van der Waals surface area contributed by atoms with Crippen LogP contribution in [-0.2, 0) is 37.3 Å². The molecule has 4 aliphatic rings. The Labute approximate surface area is 379 Å². The number of ketones is 2. The van der Waals surface area contributed by atoms with E-state index < -0.39 is 36.0 Å². The molecule has 19 heteroatoms. The van der Waals surface area contributed by atoms with Gasteiger partial charge in [-0.3, -0.25) is 33.0 Å². The van der Waals surface area contributed by atoms with Gasteiger partial charge in [0.1, 0.15) is 17.2 Å². The number of aryl methyl sites for hydroxylation is 2. The molecule has 66 heavy (non-hydrogen) atoms. The van der Waals surface area contributed by atoms with E-state index in [1.165, 1.54) is 21.5 Å². The van der Waals surface area contributed by atoms with Crippen LogP contribution in [0.25, 0.3) is 16.7 Å². The molecule has 9 rings (SSSR count). The monoisotopic (exact) mass is 913 g/mol. The first-order valence-electron chi connectivity index (χ1n) is 23.4. The normalized spacial score (nSPS) is 22.6. The number of morpholine rings is 1. The van der Waals surface area contributed by atoms with Gasteiger partial charge < -0.3 is 24.8 Å².